The summed E-state index contributed by atoms with van der Waals surface area (Å²) in [6.07, 6.45) is 3.63. The number of nitrogens with zero attached hydrogens (tertiary/aromatic N) is 1. The fraction of sp³-hybridized carbons (Fsp3) is 0.467. The third kappa shape index (κ3) is 3.28. The van der Waals surface area contributed by atoms with Crippen LogP contribution >= 0.6 is 11.3 Å². The molecular weight excluding hydrogens is 272 g/mol. The van der Waals surface area contributed by atoms with Crippen LogP contribution in [0.3, 0.4) is 0 Å². The lowest BCUT2D eigenvalue weighted by Crippen LogP contribution is -2.49. The molecule has 1 aromatic rings. The van der Waals surface area contributed by atoms with Gasteiger partial charge in [-0.2, -0.15) is 0 Å². The minimum Gasteiger partial charge on any atom is -0.341 e. The second kappa shape index (κ2) is 6.70. The second-order valence-corrected chi connectivity index (χ2v) is 5.93. The van der Waals surface area contributed by atoms with E-state index in [1.54, 1.807) is 11.3 Å². The van der Waals surface area contributed by atoms with Crippen molar-refractivity contribution in [2.24, 2.45) is 0 Å². The average Bonchev–Trinajstić information content (AvgIpc) is 2.93. The van der Waals surface area contributed by atoms with Gasteiger partial charge in [-0.3, -0.25) is 9.59 Å². The third-order valence-corrected chi connectivity index (χ3v) is 4.52. The van der Waals surface area contributed by atoms with Gasteiger partial charge in [-0.25, -0.2) is 0 Å². The van der Waals surface area contributed by atoms with Crippen LogP contribution in [0.5, 0.6) is 0 Å². The van der Waals surface area contributed by atoms with Crippen LogP contribution in [-0.4, -0.2) is 29.3 Å². The molecule has 1 aromatic heterocycles. The van der Waals surface area contributed by atoms with Crippen LogP contribution < -0.4 is 5.32 Å². The molecule has 1 unspecified atom stereocenters. The molecule has 1 aliphatic rings. The fourth-order valence-corrected chi connectivity index (χ4v) is 3.32. The highest BCUT2D eigenvalue weighted by molar-refractivity contribution is 7.10. The zero-order valence-corrected chi connectivity index (χ0v) is 12.5. The first-order chi connectivity index (χ1) is 9.65. The van der Waals surface area contributed by atoms with Crippen LogP contribution in [0.1, 0.15) is 30.2 Å². The Bertz CT molecular complexity index is 510. The Hall–Kier alpha value is -1.62. The van der Waals surface area contributed by atoms with E-state index in [0.717, 1.165) is 19.4 Å². The molecule has 0 aliphatic carbocycles. The highest BCUT2D eigenvalue weighted by Gasteiger charge is 2.27. The van der Waals surface area contributed by atoms with Crippen molar-refractivity contribution in [2.45, 2.75) is 38.8 Å². The predicted octanol–water partition coefficient (Wildman–Crippen LogP) is 2.10. The Kier molecular flexibility index (Phi) is 4.95. The molecule has 20 heavy (non-hydrogen) atoms. The van der Waals surface area contributed by atoms with Crippen molar-refractivity contribution in [1.29, 1.82) is 0 Å². The van der Waals surface area contributed by atoms with Crippen molar-refractivity contribution in [3.05, 3.63) is 34.5 Å². The second-order valence-electron chi connectivity index (χ2n) is 4.93. The monoisotopic (exact) mass is 292 g/mol. The van der Waals surface area contributed by atoms with Crippen LogP contribution in [0.2, 0.25) is 0 Å². The summed E-state index contributed by atoms with van der Waals surface area (Å²) in [4.78, 5) is 27.2. The molecule has 0 spiro atoms. The highest BCUT2D eigenvalue weighted by Crippen LogP contribution is 2.24. The van der Waals surface area contributed by atoms with E-state index >= 15 is 0 Å². The lowest BCUT2D eigenvalue weighted by molar-refractivity contribution is -0.136. The van der Waals surface area contributed by atoms with E-state index in [0.29, 0.717) is 13.0 Å². The largest absolute Gasteiger partial charge is 0.341 e. The van der Waals surface area contributed by atoms with Gasteiger partial charge in [-0.05, 0) is 35.9 Å². The maximum absolute atomic E-state index is 12.6. The van der Waals surface area contributed by atoms with Crippen molar-refractivity contribution >= 4 is 23.2 Å². The Labute approximate surface area is 123 Å². The first-order valence-corrected chi connectivity index (χ1v) is 7.80. The summed E-state index contributed by atoms with van der Waals surface area (Å²) in [7, 11) is 0. The van der Waals surface area contributed by atoms with E-state index in [9.17, 15) is 9.59 Å². The Morgan fingerprint density at radius 3 is 3.10 bits per heavy atom. The van der Waals surface area contributed by atoms with Gasteiger partial charge >= 0.3 is 0 Å². The highest BCUT2D eigenvalue weighted by atomic mass is 32.1. The predicted molar refractivity (Wildman–Crippen MR) is 80.5 cm³/mol. The summed E-state index contributed by atoms with van der Waals surface area (Å²) in [5.41, 5.74) is 1.24. The molecule has 1 N–H and O–H groups in total. The van der Waals surface area contributed by atoms with E-state index < -0.39 is 6.04 Å². The van der Waals surface area contributed by atoms with E-state index in [2.05, 4.69) is 23.3 Å². The third-order valence-electron chi connectivity index (χ3n) is 3.50. The first kappa shape index (κ1) is 14.8. The van der Waals surface area contributed by atoms with Crippen molar-refractivity contribution < 1.29 is 9.59 Å². The topological polar surface area (TPSA) is 49.4 Å². The van der Waals surface area contributed by atoms with Crippen LogP contribution in [-0.2, 0) is 22.6 Å². The van der Waals surface area contributed by atoms with Gasteiger partial charge in [0.15, 0.2) is 0 Å². The zero-order valence-electron chi connectivity index (χ0n) is 11.7. The number of thiophene rings is 1. The summed E-state index contributed by atoms with van der Waals surface area (Å²) in [6.45, 7) is 6.83. The molecular formula is C15H20N2O2S. The van der Waals surface area contributed by atoms with Crippen LogP contribution in [0.15, 0.2) is 24.1 Å². The molecule has 0 saturated carbocycles. The minimum atomic E-state index is -0.439. The molecule has 0 saturated heterocycles. The van der Waals surface area contributed by atoms with Crippen LogP contribution in [0.4, 0.5) is 0 Å². The first-order valence-electron chi connectivity index (χ1n) is 6.92. The standard InChI is InChI=1S/C15H20N2O2S/c1-3-5-12(16-14(18)4-2)15(19)17-8-6-13-11(10-17)7-9-20-13/h4,7,9,12H,2-3,5-6,8,10H2,1H3,(H,16,18). The van der Waals surface area contributed by atoms with Crippen molar-refractivity contribution in [2.75, 3.05) is 6.54 Å². The molecule has 1 atom stereocenters. The average molecular weight is 292 g/mol. The summed E-state index contributed by atoms with van der Waals surface area (Å²) in [6, 6.07) is 1.64. The van der Waals surface area contributed by atoms with E-state index in [4.69, 9.17) is 0 Å². The Balaban J connectivity index is 2.04. The van der Waals surface area contributed by atoms with Crippen LogP contribution in [0.25, 0.3) is 0 Å². The molecule has 0 aromatic carbocycles. The molecule has 1 aliphatic heterocycles. The Morgan fingerprint density at radius 1 is 1.60 bits per heavy atom. The maximum Gasteiger partial charge on any atom is 0.245 e. The number of fused-ring (bicyclic) bond motifs is 1. The van der Waals surface area contributed by atoms with E-state index in [1.807, 2.05) is 11.8 Å². The molecule has 2 heterocycles. The number of amides is 2. The van der Waals surface area contributed by atoms with E-state index in [-0.39, 0.29) is 11.8 Å². The smallest absolute Gasteiger partial charge is 0.245 e. The lowest BCUT2D eigenvalue weighted by Gasteiger charge is -2.30. The summed E-state index contributed by atoms with van der Waals surface area (Å²) < 4.78 is 0. The normalized spacial score (nSPS) is 15.3. The van der Waals surface area contributed by atoms with Gasteiger partial charge in [0.2, 0.25) is 11.8 Å². The minimum absolute atomic E-state index is 0.0129. The van der Waals surface area contributed by atoms with Gasteiger partial charge in [-0.15, -0.1) is 11.3 Å². The molecule has 5 heteroatoms. The van der Waals surface area contributed by atoms with Crippen molar-refractivity contribution in [3.8, 4) is 0 Å². The number of nitrogens with one attached hydrogen (secondary N) is 1. The number of carbonyl (C=O) groups excluding carboxylic acids is 2. The van der Waals surface area contributed by atoms with Gasteiger partial charge in [0.05, 0.1) is 0 Å². The molecule has 4 nitrogen and oxygen atoms in total. The van der Waals surface area contributed by atoms with Gasteiger partial charge < -0.3 is 10.2 Å². The van der Waals surface area contributed by atoms with Gasteiger partial charge in [0, 0.05) is 18.0 Å². The number of rotatable bonds is 5. The van der Waals surface area contributed by atoms with E-state index in [1.165, 1.54) is 16.5 Å². The zero-order chi connectivity index (χ0) is 14.5. The fourth-order valence-electron chi connectivity index (χ4n) is 2.43. The maximum atomic E-state index is 12.6. The number of carbonyl (C=O) groups is 2. The quantitative estimate of drug-likeness (QED) is 0.845. The molecule has 0 fully saturated rings. The number of hydrogen-bond donors (Lipinski definition) is 1. The van der Waals surface area contributed by atoms with Crippen molar-refractivity contribution in [1.82, 2.24) is 10.2 Å². The lowest BCUT2D eigenvalue weighted by atomic mass is 10.1. The van der Waals surface area contributed by atoms with Gasteiger partial charge in [0.1, 0.15) is 6.04 Å². The molecule has 0 radical (unpaired) electrons. The Morgan fingerprint density at radius 2 is 2.40 bits per heavy atom. The molecule has 108 valence electrons. The van der Waals surface area contributed by atoms with Crippen LogP contribution in [0, 0.1) is 0 Å². The number of hydrogen-bond acceptors (Lipinski definition) is 3. The molecule has 2 amide bonds. The summed E-state index contributed by atoms with van der Waals surface area (Å²) in [5.74, 6) is -0.274. The molecule has 0 bridgehead atoms. The van der Waals surface area contributed by atoms with Gasteiger partial charge in [0.25, 0.3) is 0 Å². The summed E-state index contributed by atoms with van der Waals surface area (Å²) >= 11 is 1.75. The van der Waals surface area contributed by atoms with Gasteiger partial charge in [-0.1, -0.05) is 19.9 Å². The van der Waals surface area contributed by atoms with Crippen molar-refractivity contribution in [3.63, 3.8) is 0 Å². The molecule has 2 rings (SSSR count). The SMILES string of the molecule is C=CC(=O)NC(CCC)C(=O)N1CCc2sccc2C1. The summed E-state index contributed by atoms with van der Waals surface area (Å²) in [5, 5.41) is 4.81.